The molecule has 1 saturated carbocycles. The second-order valence-electron chi connectivity index (χ2n) is 4.82. The van der Waals surface area contributed by atoms with E-state index in [4.69, 9.17) is 5.73 Å². The minimum absolute atomic E-state index is 0.259. The highest BCUT2D eigenvalue weighted by Gasteiger charge is 2.23. The van der Waals surface area contributed by atoms with Crippen molar-refractivity contribution in [3.8, 4) is 0 Å². The Labute approximate surface area is 116 Å². The Kier molecular flexibility index (Phi) is 4.72. The lowest BCUT2D eigenvalue weighted by Crippen LogP contribution is -2.39. The highest BCUT2D eigenvalue weighted by molar-refractivity contribution is 9.10. The molecular weight excluding hydrogens is 294 g/mol. The predicted octanol–water partition coefficient (Wildman–Crippen LogP) is 2.07. The van der Waals surface area contributed by atoms with Crippen LogP contribution >= 0.6 is 15.9 Å². The van der Waals surface area contributed by atoms with Crippen molar-refractivity contribution in [1.82, 2.24) is 9.88 Å². The molecule has 0 saturated heterocycles. The lowest BCUT2D eigenvalue weighted by atomic mass is 10.1. The van der Waals surface area contributed by atoms with Crippen molar-refractivity contribution < 1.29 is 4.79 Å². The molecule has 4 nitrogen and oxygen atoms in total. The van der Waals surface area contributed by atoms with Crippen molar-refractivity contribution in [1.29, 1.82) is 0 Å². The molecule has 0 unspecified atom stereocenters. The van der Waals surface area contributed by atoms with E-state index in [0.29, 0.717) is 12.6 Å². The number of primary amides is 1. The minimum atomic E-state index is -0.259. The third kappa shape index (κ3) is 3.78. The van der Waals surface area contributed by atoms with E-state index in [0.717, 1.165) is 29.4 Å². The average Bonchev–Trinajstić information content (AvgIpc) is 2.80. The van der Waals surface area contributed by atoms with Gasteiger partial charge in [-0.1, -0.05) is 12.8 Å². The number of hydrogen-bond acceptors (Lipinski definition) is 3. The van der Waals surface area contributed by atoms with E-state index < -0.39 is 0 Å². The Balaban J connectivity index is 2.06. The maximum absolute atomic E-state index is 11.2. The number of carbonyl (C=O) groups excluding carboxylic acids is 1. The zero-order valence-corrected chi connectivity index (χ0v) is 11.9. The molecule has 1 aromatic rings. The minimum Gasteiger partial charge on any atom is -0.369 e. The molecule has 1 amide bonds. The van der Waals surface area contributed by atoms with E-state index in [-0.39, 0.29) is 5.91 Å². The summed E-state index contributed by atoms with van der Waals surface area (Å²) in [6.07, 6.45) is 8.42. The lowest BCUT2D eigenvalue weighted by Gasteiger charge is -2.27. The summed E-state index contributed by atoms with van der Waals surface area (Å²) in [5, 5.41) is 0. The van der Waals surface area contributed by atoms with Crippen molar-refractivity contribution in [2.75, 3.05) is 6.54 Å². The topological polar surface area (TPSA) is 59.2 Å². The number of pyridine rings is 1. The van der Waals surface area contributed by atoms with E-state index in [9.17, 15) is 4.79 Å². The first kappa shape index (κ1) is 13.5. The normalized spacial score (nSPS) is 16.3. The summed E-state index contributed by atoms with van der Waals surface area (Å²) in [6, 6.07) is 2.52. The molecule has 2 rings (SSSR count). The van der Waals surface area contributed by atoms with Gasteiger partial charge in [0.1, 0.15) is 0 Å². The molecule has 1 heterocycles. The van der Waals surface area contributed by atoms with Crippen LogP contribution in [-0.4, -0.2) is 28.4 Å². The number of hydrogen-bond donors (Lipinski definition) is 1. The zero-order valence-electron chi connectivity index (χ0n) is 10.3. The van der Waals surface area contributed by atoms with E-state index in [1.54, 1.807) is 6.20 Å². The molecule has 18 heavy (non-hydrogen) atoms. The van der Waals surface area contributed by atoms with Crippen LogP contribution < -0.4 is 5.73 Å². The number of nitrogens with zero attached hydrogens (tertiary/aromatic N) is 2. The molecule has 0 bridgehead atoms. The summed E-state index contributed by atoms with van der Waals surface area (Å²) in [5.74, 6) is -0.259. The van der Waals surface area contributed by atoms with Gasteiger partial charge in [-0.3, -0.25) is 14.7 Å². The lowest BCUT2D eigenvalue weighted by molar-refractivity contribution is -0.119. The molecule has 2 N–H and O–H groups in total. The van der Waals surface area contributed by atoms with Gasteiger partial charge in [0.2, 0.25) is 5.91 Å². The molecular formula is C13H18BrN3O. The molecule has 0 radical (unpaired) electrons. The van der Waals surface area contributed by atoms with Crippen molar-refractivity contribution in [3.05, 3.63) is 28.5 Å². The van der Waals surface area contributed by atoms with Gasteiger partial charge in [0.25, 0.3) is 0 Å². The SMILES string of the molecule is NC(=O)CN(Cc1cncc(Br)c1)C1CCCC1. The van der Waals surface area contributed by atoms with Gasteiger partial charge in [-0.05, 0) is 40.4 Å². The standard InChI is InChI=1S/C13H18BrN3O/c14-11-5-10(6-16-7-11)8-17(9-13(15)18)12-3-1-2-4-12/h5-7,12H,1-4,8-9H2,(H2,15,18). The zero-order chi connectivity index (χ0) is 13.0. The fourth-order valence-electron chi connectivity index (χ4n) is 2.56. The van der Waals surface area contributed by atoms with Crippen molar-refractivity contribution in [2.24, 2.45) is 5.73 Å². The Morgan fingerprint density at radius 3 is 2.78 bits per heavy atom. The second kappa shape index (κ2) is 6.29. The van der Waals surface area contributed by atoms with E-state index in [1.165, 1.54) is 12.8 Å². The largest absolute Gasteiger partial charge is 0.369 e. The Morgan fingerprint density at radius 1 is 1.44 bits per heavy atom. The molecule has 0 aliphatic heterocycles. The molecule has 0 spiro atoms. The molecule has 1 aliphatic carbocycles. The van der Waals surface area contributed by atoms with Gasteiger partial charge in [-0.2, -0.15) is 0 Å². The van der Waals surface area contributed by atoms with Crippen LogP contribution in [0.5, 0.6) is 0 Å². The third-order valence-corrected chi connectivity index (χ3v) is 3.78. The first-order valence-corrected chi connectivity index (χ1v) is 7.06. The molecule has 1 fully saturated rings. The predicted molar refractivity (Wildman–Crippen MR) is 73.8 cm³/mol. The van der Waals surface area contributed by atoms with Crippen LogP contribution in [0.3, 0.4) is 0 Å². The summed E-state index contributed by atoms with van der Waals surface area (Å²) < 4.78 is 0.963. The van der Waals surface area contributed by atoms with E-state index in [2.05, 4.69) is 25.8 Å². The van der Waals surface area contributed by atoms with Crippen molar-refractivity contribution >= 4 is 21.8 Å². The Bertz CT molecular complexity index is 418. The first-order valence-electron chi connectivity index (χ1n) is 6.27. The molecule has 1 aromatic heterocycles. The van der Waals surface area contributed by atoms with Crippen LogP contribution in [0.25, 0.3) is 0 Å². The van der Waals surface area contributed by atoms with E-state index >= 15 is 0 Å². The maximum atomic E-state index is 11.2. The van der Waals surface area contributed by atoms with Crippen molar-refractivity contribution in [3.63, 3.8) is 0 Å². The summed E-state index contributed by atoms with van der Waals surface area (Å²) in [4.78, 5) is 17.5. The van der Waals surface area contributed by atoms with Gasteiger partial charge in [0.05, 0.1) is 6.54 Å². The fraction of sp³-hybridized carbons (Fsp3) is 0.538. The Morgan fingerprint density at radius 2 is 2.17 bits per heavy atom. The number of aromatic nitrogens is 1. The van der Waals surface area contributed by atoms with E-state index in [1.807, 2.05) is 12.3 Å². The highest BCUT2D eigenvalue weighted by Crippen LogP contribution is 2.25. The summed E-state index contributed by atoms with van der Waals surface area (Å²) in [6.45, 7) is 1.07. The smallest absolute Gasteiger partial charge is 0.231 e. The quantitative estimate of drug-likeness (QED) is 0.905. The summed E-state index contributed by atoms with van der Waals surface area (Å²) in [5.41, 5.74) is 6.45. The van der Waals surface area contributed by atoms with Gasteiger partial charge >= 0.3 is 0 Å². The summed E-state index contributed by atoms with van der Waals surface area (Å²) in [7, 11) is 0. The van der Waals surface area contributed by atoms with Crippen LogP contribution in [0, 0.1) is 0 Å². The van der Waals surface area contributed by atoms with Crippen LogP contribution in [0.4, 0.5) is 0 Å². The van der Waals surface area contributed by atoms with Gasteiger partial charge in [0, 0.05) is 29.5 Å². The van der Waals surface area contributed by atoms with Gasteiger partial charge in [-0.25, -0.2) is 0 Å². The molecule has 1 aliphatic rings. The maximum Gasteiger partial charge on any atom is 0.231 e. The van der Waals surface area contributed by atoms with Crippen LogP contribution in [0.2, 0.25) is 0 Å². The molecule has 5 heteroatoms. The highest BCUT2D eigenvalue weighted by atomic mass is 79.9. The average molecular weight is 312 g/mol. The molecule has 0 atom stereocenters. The monoisotopic (exact) mass is 311 g/mol. The second-order valence-corrected chi connectivity index (χ2v) is 5.74. The van der Waals surface area contributed by atoms with Crippen LogP contribution in [0.15, 0.2) is 22.9 Å². The summed E-state index contributed by atoms with van der Waals surface area (Å²) >= 11 is 3.41. The molecule has 0 aromatic carbocycles. The first-order chi connectivity index (χ1) is 8.65. The number of nitrogens with two attached hydrogens (primary N) is 1. The van der Waals surface area contributed by atoms with Crippen molar-refractivity contribution in [2.45, 2.75) is 38.3 Å². The number of amides is 1. The number of rotatable bonds is 5. The number of halogens is 1. The van der Waals surface area contributed by atoms with Gasteiger partial charge in [-0.15, -0.1) is 0 Å². The molecule has 98 valence electrons. The third-order valence-electron chi connectivity index (χ3n) is 3.35. The van der Waals surface area contributed by atoms with Crippen LogP contribution in [0.1, 0.15) is 31.2 Å². The van der Waals surface area contributed by atoms with Gasteiger partial charge < -0.3 is 5.73 Å². The van der Waals surface area contributed by atoms with Gasteiger partial charge in [0.15, 0.2) is 0 Å². The Hall–Kier alpha value is -0.940. The number of carbonyl (C=O) groups is 1. The fourth-order valence-corrected chi connectivity index (χ4v) is 2.97. The van der Waals surface area contributed by atoms with Crippen LogP contribution in [-0.2, 0) is 11.3 Å².